The summed E-state index contributed by atoms with van der Waals surface area (Å²) in [4.78, 5) is 15.0. The summed E-state index contributed by atoms with van der Waals surface area (Å²) in [7, 11) is 0. The van der Waals surface area contributed by atoms with Crippen molar-refractivity contribution in [2.24, 2.45) is 4.99 Å². The summed E-state index contributed by atoms with van der Waals surface area (Å²) in [6.07, 6.45) is 0. The lowest BCUT2D eigenvalue weighted by Gasteiger charge is -2.09. The third-order valence-electron chi connectivity index (χ3n) is 1.98. The minimum atomic E-state index is -0.506. The van der Waals surface area contributed by atoms with Crippen molar-refractivity contribution in [3.63, 3.8) is 0 Å². The van der Waals surface area contributed by atoms with Gasteiger partial charge < -0.3 is 4.74 Å². The normalized spacial score (nSPS) is 11.2. The van der Waals surface area contributed by atoms with Crippen molar-refractivity contribution in [1.82, 2.24) is 5.48 Å². The van der Waals surface area contributed by atoms with Gasteiger partial charge in [0.25, 0.3) is 0 Å². The van der Waals surface area contributed by atoms with E-state index in [0.717, 1.165) is 0 Å². The Morgan fingerprint density at radius 3 is 2.56 bits per heavy atom. The summed E-state index contributed by atoms with van der Waals surface area (Å²) in [6.45, 7) is 1.72. The Balaban J connectivity index is 2.96. The Morgan fingerprint density at radius 2 is 2.06 bits per heavy atom. The molecule has 2 N–H and O–H groups in total. The van der Waals surface area contributed by atoms with Crippen LogP contribution < -0.4 is 5.48 Å². The second-order valence-electron chi connectivity index (χ2n) is 3.18. The minimum absolute atomic E-state index is 0.0126. The molecule has 5 nitrogen and oxygen atoms in total. The molecule has 7 heteroatoms. The summed E-state index contributed by atoms with van der Waals surface area (Å²) < 4.78 is 4.71. The van der Waals surface area contributed by atoms with E-state index in [2.05, 4.69) is 4.99 Å². The lowest BCUT2D eigenvalue weighted by atomic mass is 10.2. The third-order valence-corrected chi connectivity index (χ3v) is 2.61. The van der Waals surface area contributed by atoms with Gasteiger partial charge in [0.2, 0.25) is 0 Å². The standard InChI is InChI=1S/C11H12Cl2N2O3/c1-2-18-9(16)6-14-11(15-17)10-7(12)4-3-5-8(10)13/h3-5,17H,2,6H2,1H3,(H,14,15). The van der Waals surface area contributed by atoms with Crippen molar-refractivity contribution in [1.29, 1.82) is 0 Å². The fraction of sp³-hybridized carbons (Fsp3) is 0.273. The molecule has 1 aromatic carbocycles. The molecule has 98 valence electrons. The molecule has 0 saturated heterocycles. The first kappa shape index (κ1) is 14.8. The van der Waals surface area contributed by atoms with E-state index in [-0.39, 0.29) is 19.0 Å². The van der Waals surface area contributed by atoms with Crippen LogP contribution in [-0.4, -0.2) is 30.2 Å². The monoisotopic (exact) mass is 290 g/mol. The van der Waals surface area contributed by atoms with E-state index in [1.54, 1.807) is 25.1 Å². The average molecular weight is 291 g/mol. The Morgan fingerprint density at radius 1 is 1.44 bits per heavy atom. The van der Waals surface area contributed by atoms with E-state index < -0.39 is 5.97 Å². The number of halogens is 2. The van der Waals surface area contributed by atoms with Crippen LogP contribution in [0, 0.1) is 0 Å². The molecule has 0 aliphatic carbocycles. The number of nitrogens with zero attached hydrogens (tertiary/aromatic N) is 1. The Hall–Kier alpha value is -1.30. The third kappa shape index (κ3) is 3.87. The summed E-state index contributed by atoms with van der Waals surface area (Å²) in [5.41, 5.74) is 2.20. The minimum Gasteiger partial charge on any atom is -0.465 e. The number of ether oxygens (including phenoxy) is 1. The van der Waals surface area contributed by atoms with Gasteiger partial charge in [-0.05, 0) is 19.1 Å². The van der Waals surface area contributed by atoms with Crippen molar-refractivity contribution >= 4 is 35.0 Å². The van der Waals surface area contributed by atoms with Crippen LogP contribution in [0.2, 0.25) is 10.0 Å². The van der Waals surface area contributed by atoms with Crippen LogP contribution in [0.25, 0.3) is 0 Å². The Kier molecular flexibility index (Phi) is 5.91. The predicted molar refractivity (Wildman–Crippen MR) is 69.4 cm³/mol. The fourth-order valence-corrected chi connectivity index (χ4v) is 1.82. The highest BCUT2D eigenvalue weighted by Gasteiger charge is 2.12. The van der Waals surface area contributed by atoms with Gasteiger partial charge in [-0.2, -0.15) is 0 Å². The highest BCUT2D eigenvalue weighted by molar-refractivity contribution is 6.40. The van der Waals surface area contributed by atoms with Gasteiger partial charge in [-0.15, -0.1) is 0 Å². The Labute approximate surface area is 114 Å². The summed E-state index contributed by atoms with van der Waals surface area (Å²) in [5.74, 6) is -0.493. The topological polar surface area (TPSA) is 70.9 Å². The highest BCUT2D eigenvalue weighted by Crippen LogP contribution is 2.24. The maximum Gasteiger partial charge on any atom is 0.327 e. The molecule has 1 rings (SSSR count). The van der Waals surface area contributed by atoms with Crippen molar-refractivity contribution in [2.45, 2.75) is 6.92 Å². The van der Waals surface area contributed by atoms with Gasteiger partial charge in [-0.1, -0.05) is 29.3 Å². The average Bonchev–Trinajstić information content (AvgIpc) is 2.33. The molecule has 0 atom stereocenters. The van der Waals surface area contributed by atoms with Gasteiger partial charge >= 0.3 is 5.97 Å². The zero-order valence-electron chi connectivity index (χ0n) is 9.61. The van der Waals surface area contributed by atoms with Gasteiger partial charge in [0.05, 0.1) is 22.2 Å². The van der Waals surface area contributed by atoms with Crippen LogP contribution in [0.4, 0.5) is 0 Å². The largest absolute Gasteiger partial charge is 0.465 e. The molecular formula is C11H12Cl2N2O3. The number of nitrogens with one attached hydrogen (secondary N) is 1. The first-order chi connectivity index (χ1) is 8.60. The van der Waals surface area contributed by atoms with Crippen molar-refractivity contribution in [2.75, 3.05) is 13.2 Å². The molecule has 0 amide bonds. The number of carbonyl (C=O) groups excluding carboxylic acids is 1. The Bertz CT molecular complexity index is 443. The molecular weight excluding hydrogens is 279 g/mol. The molecule has 0 radical (unpaired) electrons. The van der Waals surface area contributed by atoms with E-state index >= 15 is 0 Å². The molecule has 0 aliphatic rings. The van der Waals surface area contributed by atoms with E-state index in [0.29, 0.717) is 15.6 Å². The molecule has 1 aromatic rings. The number of esters is 1. The quantitative estimate of drug-likeness (QED) is 0.386. The van der Waals surface area contributed by atoms with Gasteiger partial charge in [0.1, 0.15) is 6.54 Å². The number of carbonyl (C=O) groups is 1. The molecule has 0 saturated carbocycles. The molecule has 0 heterocycles. The number of hydrogen-bond donors (Lipinski definition) is 2. The zero-order valence-corrected chi connectivity index (χ0v) is 11.1. The van der Waals surface area contributed by atoms with Crippen LogP contribution in [-0.2, 0) is 9.53 Å². The maximum atomic E-state index is 11.2. The van der Waals surface area contributed by atoms with Crippen LogP contribution in [0.15, 0.2) is 23.2 Å². The summed E-state index contributed by atoms with van der Waals surface area (Å²) in [5, 5.41) is 9.64. The lowest BCUT2D eigenvalue weighted by Crippen LogP contribution is -2.23. The predicted octanol–water partition coefficient (Wildman–Crippen LogP) is 2.28. The molecule has 0 fully saturated rings. The number of rotatable bonds is 4. The van der Waals surface area contributed by atoms with Gasteiger partial charge in [0, 0.05) is 0 Å². The first-order valence-corrected chi connectivity index (χ1v) is 5.90. The van der Waals surface area contributed by atoms with Crippen LogP contribution in [0.5, 0.6) is 0 Å². The van der Waals surface area contributed by atoms with Crippen molar-refractivity contribution in [3.8, 4) is 0 Å². The number of aliphatic imine (C=N–C) groups is 1. The number of benzene rings is 1. The summed E-state index contributed by atoms with van der Waals surface area (Å²) in [6, 6.07) is 4.86. The number of hydrogen-bond acceptors (Lipinski definition) is 4. The van der Waals surface area contributed by atoms with Crippen LogP contribution >= 0.6 is 23.2 Å². The molecule has 0 aliphatic heterocycles. The molecule has 18 heavy (non-hydrogen) atoms. The molecule has 0 unspecified atom stereocenters. The molecule has 0 aromatic heterocycles. The van der Waals surface area contributed by atoms with Crippen molar-refractivity contribution in [3.05, 3.63) is 33.8 Å². The SMILES string of the molecule is CCOC(=O)CN=C(NO)c1c(Cl)cccc1Cl. The zero-order chi connectivity index (χ0) is 13.5. The van der Waals surface area contributed by atoms with Gasteiger partial charge in [0.15, 0.2) is 5.84 Å². The van der Waals surface area contributed by atoms with Gasteiger partial charge in [-0.3, -0.25) is 20.5 Å². The van der Waals surface area contributed by atoms with E-state index in [9.17, 15) is 4.79 Å². The summed E-state index contributed by atoms with van der Waals surface area (Å²) >= 11 is 11.9. The van der Waals surface area contributed by atoms with E-state index in [1.807, 2.05) is 5.48 Å². The van der Waals surface area contributed by atoms with Crippen molar-refractivity contribution < 1.29 is 14.7 Å². The smallest absolute Gasteiger partial charge is 0.327 e. The first-order valence-electron chi connectivity index (χ1n) is 5.14. The lowest BCUT2D eigenvalue weighted by molar-refractivity contribution is -0.141. The number of hydroxylamine groups is 1. The highest BCUT2D eigenvalue weighted by atomic mass is 35.5. The van der Waals surface area contributed by atoms with Gasteiger partial charge in [-0.25, -0.2) is 0 Å². The van der Waals surface area contributed by atoms with Crippen LogP contribution in [0.1, 0.15) is 12.5 Å². The second-order valence-corrected chi connectivity index (χ2v) is 3.99. The van der Waals surface area contributed by atoms with E-state index in [1.165, 1.54) is 0 Å². The second kappa shape index (κ2) is 7.20. The fourth-order valence-electron chi connectivity index (χ4n) is 1.24. The molecule has 0 spiro atoms. The molecule has 0 bridgehead atoms. The van der Waals surface area contributed by atoms with E-state index in [4.69, 9.17) is 33.1 Å². The number of amidine groups is 1. The van der Waals surface area contributed by atoms with Crippen LogP contribution in [0.3, 0.4) is 0 Å². The maximum absolute atomic E-state index is 11.2.